The van der Waals surface area contributed by atoms with Gasteiger partial charge in [-0.3, -0.25) is 9.59 Å². The minimum atomic E-state index is -1.75. The fourth-order valence-electron chi connectivity index (χ4n) is 6.51. The SMILES string of the molecule is CC(=O)N[C@H]1[C@H](O[C@H]2[C@H](O)[C@@H](NC(C)=O)[C@H](Oc3ccc4c(C)cc(=O)oc4c3)O[C@@H]2CO)O[C@H](CO)[C@@H](O[C@@H]2O[C@H](CO)[C@@H](O)[C@H](O)[C@H]2N)[C@@H]1O. The van der Waals surface area contributed by atoms with E-state index in [1.165, 1.54) is 19.1 Å². The van der Waals surface area contributed by atoms with E-state index in [0.717, 1.165) is 6.92 Å². The third-order valence-corrected chi connectivity index (χ3v) is 9.13. The highest BCUT2D eigenvalue weighted by Gasteiger charge is 2.54. The molecule has 5 rings (SSSR count). The van der Waals surface area contributed by atoms with Gasteiger partial charge in [0.1, 0.15) is 78.4 Å². The first-order valence-corrected chi connectivity index (χ1v) is 16.5. The van der Waals surface area contributed by atoms with Crippen LogP contribution in [0.25, 0.3) is 11.0 Å². The molecule has 52 heavy (non-hydrogen) atoms. The Hall–Kier alpha value is -3.35. The second kappa shape index (κ2) is 16.8. The Morgan fingerprint density at radius 1 is 0.750 bits per heavy atom. The maximum Gasteiger partial charge on any atom is 0.336 e. The van der Waals surface area contributed by atoms with Crippen LogP contribution in [0.2, 0.25) is 0 Å². The second-order valence-electron chi connectivity index (χ2n) is 12.9. The van der Waals surface area contributed by atoms with E-state index >= 15 is 0 Å². The highest BCUT2D eigenvalue weighted by molar-refractivity contribution is 5.81. The molecule has 0 saturated carbocycles. The molecule has 1 aromatic carbocycles. The van der Waals surface area contributed by atoms with Crippen LogP contribution in [0.4, 0.5) is 0 Å². The van der Waals surface area contributed by atoms with Crippen LogP contribution in [-0.4, -0.2) is 159 Å². The molecule has 290 valence electrons. The van der Waals surface area contributed by atoms with E-state index in [1.54, 1.807) is 19.1 Å². The monoisotopic (exact) mass is 743 g/mol. The van der Waals surface area contributed by atoms with E-state index < -0.39 is 129 Å². The summed E-state index contributed by atoms with van der Waals surface area (Å²) in [6, 6.07) is 1.72. The van der Waals surface area contributed by atoms with Crippen molar-refractivity contribution < 1.29 is 78.2 Å². The lowest BCUT2D eigenvalue weighted by Crippen LogP contribution is -2.71. The molecule has 0 bridgehead atoms. The molecule has 0 radical (unpaired) electrons. The minimum Gasteiger partial charge on any atom is -0.462 e. The molecular weight excluding hydrogens is 698 g/mol. The van der Waals surface area contributed by atoms with Crippen LogP contribution in [0.3, 0.4) is 0 Å². The van der Waals surface area contributed by atoms with Gasteiger partial charge >= 0.3 is 5.63 Å². The molecule has 3 aliphatic heterocycles. The molecule has 0 spiro atoms. The van der Waals surface area contributed by atoms with E-state index in [9.17, 15) is 50.1 Å². The first-order valence-electron chi connectivity index (χ1n) is 16.5. The number of amides is 2. The zero-order chi connectivity index (χ0) is 38.0. The molecule has 1 aromatic heterocycles. The van der Waals surface area contributed by atoms with Gasteiger partial charge in [0.05, 0.1) is 25.9 Å². The van der Waals surface area contributed by atoms with Crippen LogP contribution >= 0.6 is 0 Å². The third kappa shape index (κ3) is 8.39. The van der Waals surface area contributed by atoms with E-state index in [-0.39, 0.29) is 11.3 Å². The summed E-state index contributed by atoms with van der Waals surface area (Å²) < 4.78 is 40.5. The van der Waals surface area contributed by atoms with Crippen molar-refractivity contribution in [3.05, 3.63) is 40.2 Å². The zero-order valence-corrected chi connectivity index (χ0v) is 28.4. The van der Waals surface area contributed by atoms with Crippen LogP contribution in [0.15, 0.2) is 33.5 Å². The Morgan fingerprint density at radius 2 is 1.27 bits per heavy atom. The van der Waals surface area contributed by atoms with Crippen molar-refractivity contribution in [3.63, 3.8) is 0 Å². The lowest BCUT2D eigenvalue weighted by atomic mass is 9.93. The molecule has 2 aromatic rings. The summed E-state index contributed by atoms with van der Waals surface area (Å²) in [5.41, 5.74) is 6.27. The minimum absolute atomic E-state index is 0.125. The average Bonchev–Trinajstić information content (AvgIpc) is 3.09. The molecule has 20 nitrogen and oxygen atoms in total. The summed E-state index contributed by atoms with van der Waals surface area (Å²) in [4.78, 5) is 36.5. The van der Waals surface area contributed by atoms with Crippen molar-refractivity contribution in [2.75, 3.05) is 19.8 Å². The van der Waals surface area contributed by atoms with Gasteiger partial charge < -0.3 is 85.0 Å². The number of hydrogen-bond acceptors (Lipinski definition) is 18. The number of hydrogen-bond donors (Lipinski definition) is 10. The van der Waals surface area contributed by atoms with Crippen LogP contribution in [0.5, 0.6) is 5.75 Å². The maximum absolute atomic E-state index is 12.3. The van der Waals surface area contributed by atoms with Crippen LogP contribution in [-0.2, 0) is 33.3 Å². The number of aliphatic hydroxyl groups is 7. The quantitative estimate of drug-likeness (QED) is 0.0966. The van der Waals surface area contributed by atoms with Crippen molar-refractivity contribution in [2.24, 2.45) is 5.73 Å². The lowest BCUT2D eigenvalue weighted by Gasteiger charge is -2.49. The van der Waals surface area contributed by atoms with Crippen molar-refractivity contribution in [3.8, 4) is 5.75 Å². The standard InChI is InChI=1S/C32H45N3O17/c1-11-6-20(41)47-16-7-14(4-5-15(11)16)46-31-22(34-12(2)39)26(44)29(19(10-38)49-31)52-32-23(35-13(3)40)27(45)28(18(9-37)50-32)51-30-21(33)25(43)24(42)17(8-36)48-30/h4-7,17-19,21-32,36-38,42-45H,8-10,33H2,1-3H3,(H,34,39)(H,35,40)/t17-,18-,19-,21-,22-,23-,24-,25-,26-,27-,28-,29-,30+,31-,32+/m1/s1. The smallest absolute Gasteiger partial charge is 0.336 e. The first kappa shape index (κ1) is 39.8. The average molecular weight is 744 g/mol. The Balaban J connectivity index is 1.38. The highest BCUT2D eigenvalue weighted by atomic mass is 16.7. The van der Waals surface area contributed by atoms with Crippen LogP contribution in [0, 0.1) is 6.92 Å². The van der Waals surface area contributed by atoms with Crippen molar-refractivity contribution in [1.29, 1.82) is 0 Å². The number of nitrogens with two attached hydrogens (primary N) is 1. The van der Waals surface area contributed by atoms with Gasteiger partial charge in [-0.05, 0) is 24.6 Å². The number of ether oxygens (including phenoxy) is 6. The lowest BCUT2D eigenvalue weighted by molar-refractivity contribution is -0.349. The summed E-state index contributed by atoms with van der Waals surface area (Å²) in [5, 5.41) is 79.5. The summed E-state index contributed by atoms with van der Waals surface area (Å²) in [6.07, 6.45) is -18.4. The Kier molecular flexibility index (Phi) is 12.8. The normalized spacial score (nSPS) is 38.1. The molecule has 2 amide bonds. The van der Waals surface area contributed by atoms with Gasteiger partial charge in [0, 0.05) is 31.4 Å². The number of nitrogens with one attached hydrogen (secondary N) is 2. The van der Waals surface area contributed by atoms with E-state index in [1.807, 2.05) is 0 Å². The Morgan fingerprint density at radius 3 is 1.83 bits per heavy atom. The number of benzene rings is 1. The molecule has 3 fully saturated rings. The summed E-state index contributed by atoms with van der Waals surface area (Å²) in [5.74, 6) is -1.15. The van der Waals surface area contributed by atoms with Gasteiger partial charge in [0.2, 0.25) is 18.1 Å². The highest BCUT2D eigenvalue weighted by Crippen LogP contribution is 2.33. The van der Waals surface area contributed by atoms with Gasteiger partial charge in [0.25, 0.3) is 0 Å². The molecular formula is C32H45N3O17. The van der Waals surface area contributed by atoms with Gasteiger partial charge in [0.15, 0.2) is 12.6 Å². The van der Waals surface area contributed by atoms with Gasteiger partial charge in [-0.25, -0.2) is 4.79 Å². The zero-order valence-electron chi connectivity index (χ0n) is 28.4. The molecule has 0 unspecified atom stereocenters. The summed E-state index contributed by atoms with van der Waals surface area (Å²) in [6.45, 7) is 1.73. The molecule has 20 heteroatoms. The van der Waals surface area contributed by atoms with Gasteiger partial charge in [-0.1, -0.05) is 0 Å². The summed E-state index contributed by atoms with van der Waals surface area (Å²) in [7, 11) is 0. The molecule has 15 atom stereocenters. The predicted molar refractivity (Wildman–Crippen MR) is 172 cm³/mol. The Labute approximate surface area is 295 Å². The van der Waals surface area contributed by atoms with Crippen molar-refractivity contribution in [2.45, 2.75) is 113 Å². The number of aliphatic hydroxyl groups excluding tert-OH is 7. The number of rotatable bonds is 11. The molecule has 3 aliphatic rings. The molecule has 11 N–H and O–H groups in total. The number of fused-ring (bicyclic) bond motifs is 1. The second-order valence-corrected chi connectivity index (χ2v) is 12.9. The van der Waals surface area contributed by atoms with E-state index in [4.69, 9.17) is 38.6 Å². The van der Waals surface area contributed by atoms with Crippen molar-refractivity contribution in [1.82, 2.24) is 10.6 Å². The summed E-state index contributed by atoms with van der Waals surface area (Å²) >= 11 is 0. The van der Waals surface area contributed by atoms with Crippen molar-refractivity contribution >= 4 is 22.8 Å². The number of carbonyl (C=O) groups excluding carboxylic acids is 2. The fraction of sp³-hybridized carbons (Fsp3) is 0.656. The van der Waals surface area contributed by atoms with Crippen LogP contribution in [0.1, 0.15) is 19.4 Å². The third-order valence-electron chi connectivity index (χ3n) is 9.13. The van der Waals surface area contributed by atoms with Gasteiger partial charge in [-0.2, -0.15) is 0 Å². The Bertz CT molecular complexity index is 1610. The fourth-order valence-corrected chi connectivity index (χ4v) is 6.51. The van der Waals surface area contributed by atoms with Gasteiger partial charge in [-0.15, -0.1) is 0 Å². The maximum atomic E-state index is 12.3. The number of aryl methyl sites for hydroxylation is 1. The van der Waals surface area contributed by atoms with E-state index in [0.29, 0.717) is 10.9 Å². The topological polar surface area (TPSA) is 311 Å². The largest absolute Gasteiger partial charge is 0.462 e. The van der Waals surface area contributed by atoms with E-state index in [2.05, 4.69) is 10.6 Å². The molecule has 3 saturated heterocycles. The molecule has 4 heterocycles. The predicted octanol–water partition coefficient (Wildman–Crippen LogP) is -4.82. The number of carbonyl (C=O) groups is 2. The van der Waals surface area contributed by atoms with Crippen LogP contribution < -0.4 is 26.7 Å². The first-order chi connectivity index (χ1) is 24.7. The molecule has 0 aliphatic carbocycles.